The van der Waals surface area contributed by atoms with Crippen molar-refractivity contribution in [3.8, 4) is 0 Å². The maximum Gasteiger partial charge on any atom is 0.195 e. The van der Waals surface area contributed by atoms with Crippen LogP contribution in [-0.4, -0.2) is 5.78 Å². The third-order valence-electron chi connectivity index (χ3n) is 2.95. The van der Waals surface area contributed by atoms with Crippen LogP contribution >= 0.6 is 27.5 Å². The third-order valence-corrected chi connectivity index (χ3v) is 3.95. The van der Waals surface area contributed by atoms with Gasteiger partial charge in [-0.15, -0.1) is 0 Å². The molecule has 2 aromatic carbocycles. The highest BCUT2D eigenvalue weighted by molar-refractivity contribution is 9.10. The minimum absolute atomic E-state index is 0.0597. The van der Waals surface area contributed by atoms with Crippen LogP contribution in [0.25, 0.3) is 0 Å². The molecule has 0 saturated heterocycles. The van der Waals surface area contributed by atoms with Gasteiger partial charge in [0, 0.05) is 15.6 Å². The Morgan fingerprint density at radius 1 is 1.06 bits per heavy atom. The quantitative estimate of drug-likeness (QED) is 0.715. The predicted molar refractivity (Wildman–Crippen MR) is 78.5 cm³/mol. The molecule has 0 heterocycles. The number of carbonyl (C=O) groups excluding carboxylic acids is 1. The Labute approximate surface area is 120 Å². The first kappa shape index (κ1) is 13.3. The highest BCUT2D eigenvalue weighted by atomic mass is 79.9. The van der Waals surface area contributed by atoms with Gasteiger partial charge >= 0.3 is 0 Å². The van der Waals surface area contributed by atoms with Crippen LogP contribution < -0.4 is 0 Å². The van der Waals surface area contributed by atoms with Crippen LogP contribution in [0.2, 0.25) is 5.02 Å². The Hall–Kier alpha value is -1.12. The fourth-order valence-corrected chi connectivity index (χ4v) is 2.51. The molecule has 0 radical (unpaired) electrons. The lowest BCUT2D eigenvalue weighted by atomic mass is 9.99. The van der Waals surface area contributed by atoms with Crippen molar-refractivity contribution < 1.29 is 4.79 Å². The lowest BCUT2D eigenvalue weighted by molar-refractivity contribution is 0.103. The Bertz CT molecular complexity index is 620. The molecule has 3 heteroatoms. The lowest BCUT2D eigenvalue weighted by Crippen LogP contribution is -2.04. The molecule has 0 amide bonds. The molecule has 0 spiro atoms. The molecule has 0 fully saturated rings. The average Bonchev–Trinajstić information content (AvgIpc) is 2.33. The highest BCUT2D eigenvalue weighted by Crippen LogP contribution is 2.26. The van der Waals surface area contributed by atoms with E-state index >= 15 is 0 Å². The van der Waals surface area contributed by atoms with Crippen molar-refractivity contribution in [3.63, 3.8) is 0 Å². The zero-order valence-corrected chi connectivity index (χ0v) is 12.5. The smallest absolute Gasteiger partial charge is 0.195 e. The summed E-state index contributed by atoms with van der Waals surface area (Å²) in [6, 6.07) is 11.0. The molecular weight excluding hydrogens is 312 g/mol. The van der Waals surface area contributed by atoms with E-state index in [0.29, 0.717) is 16.1 Å². The van der Waals surface area contributed by atoms with Gasteiger partial charge in [-0.05, 0) is 49.2 Å². The zero-order valence-electron chi connectivity index (χ0n) is 10.1. The number of benzene rings is 2. The second-order valence-corrected chi connectivity index (χ2v) is 5.49. The molecule has 0 N–H and O–H groups in total. The molecule has 92 valence electrons. The van der Waals surface area contributed by atoms with Crippen molar-refractivity contribution in [1.29, 1.82) is 0 Å². The van der Waals surface area contributed by atoms with Crippen LogP contribution in [0.15, 0.2) is 40.9 Å². The lowest BCUT2D eigenvalue weighted by Gasteiger charge is -2.08. The summed E-state index contributed by atoms with van der Waals surface area (Å²) in [6.07, 6.45) is 0. The van der Waals surface area contributed by atoms with E-state index < -0.39 is 0 Å². The van der Waals surface area contributed by atoms with Gasteiger partial charge in [0.05, 0.1) is 5.02 Å². The fraction of sp³-hybridized carbons (Fsp3) is 0.133. The van der Waals surface area contributed by atoms with E-state index in [4.69, 9.17) is 11.6 Å². The molecule has 0 unspecified atom stereocenters. The second-order valence-electron chi connectivity index (χ2n) is 4.23. The first-order valence-corrected chi connectivity index (χ1v) is 6.74. The molecule has 0 saturated carbocycles. The van der Waals surface area contributed by atoms with Crippen molar-refractivity contribution in [2.45, 2.75) is 13.8 Å². The summed E-state index contributed by atoms with van der Waals surface area (Å²) in [5, 5.41) is 0.499. The number of halogens is 2. The summed E-state index contributed by atoms with van der Waals surface area (Å²) in [6.45, 7) is 3.95. The molecule has 0 aromatic heterocycles. The van der Waals surface area contributed by atoms with Crippen molar-refractivity contribution in [2.75, 3.05) is 0 Å². The van der Waals surface area contributed by atoms with E-state index in [-0.39, 0.29) is 5.78 Å². The topological polar surface area (TPSA) is 17.1 Å². The Kier molecular flexibility index (Phi) is 3.88. The molecule has 0 aliphatic rings. The predicted octanol–water partition coefficient (Wildman–Crippen LogP) is 4.95. The van der Waals surface area contributed by atoms with Crippen LogP contribution in [0.5, 0.6) is 0 Å². The van der Waals surface area contributed by atoms with Gasteiger partial charge in [0.25, 0.3) is 0 Å². The Morgan fingerprint density at radius 2 is 1.67 bits per heavy atom. The van der Waals surface area contributed by atoms with Crippen molar-refractivity contribution >= 4 is 33.3 Å². The van der Waals surface area contributed by atoms with E-state index in [1.54, 1.807) is 6.07 Å². The van der Waals surface area contributed by atoms with Crippen LogP contribution in [-0.2, 0) is 0 Å². The molecule has 0 aliphatic carbocycles. The summed E-state index contributed by atoms with van der Waals surface area (Å²) in [4.78, 5) is 12.4. The molecule has 2 rings (SSSR count). The molecule has 0 aliphatic heterocycles. The van der Waals surface area contributed by atoms with E-state index in [9.17, 15) is 4.79 Å². The fourth-order valence-electron chi connectivity index (χ4n) is 1.75. The van der Waals surface area contributed by atoms with Gasteiger partial charge in [-0.1, -0.05) is 39.7 Å². The standard InChI is InChI=1S/C15H12BrClO/c1-9-7-12(14(17)8-10(9)2)15(18)11-5-3-4-6-13(11)16/h3-8H,1-2H3. The van der Waals surface area contributed by atoms with Crippen molar-refractivity contribution in [3.05, 3.63) is 68.1 Å². The van der Waals surface area contributed by atoms with Gasteiger partial charge in [0.1, 0.15) is 0 Å². The molecule has 18 heavy (non-hydrogen) atoms. The average molecular weight is 324 g/mol. The number of hydrogen-bond donors (Lipinski definition) is 0. The maximum absolute atomic E-state index is 12.4. The summed E-state index contributed by atoms with van der Waals surface area (Å²) >= 11 is 9.55. The van der Waals surface area contributed by atoms with Crippen LogP contribution in [0.4, 0.5) is 0 Å². The monoisotopic (exact) mass is 322 g/mol. The highest BCUT2D eigenvalue weighted by Gasteiger charge is 2.16. The SMILES string of the molecule is Cc1cc(Cl)c(C(=O)c2ccccc2Br)cc1C. The van der Waals surface area contributed by atoms with Crippen molar-refractivity contribution in [1.82, 2.24) is 0 Å². The van der Waals surface area contributed by atoms with Crippen LogP contribution in [0.3, 0.4) is 0 Å². The molecule has 1 nitrogen and oxygen atoms in total. The normalized spacial score (nSPS) is 10.4. The van der Waals surface area contributed by atoms with Gasteiger partial charge < -0.3 is 0 Å². The van der Waals surface area contributed by atoms with Gasteiger partial charge in [0.2, 0.25) is 0 Å². The number of aryl methyl sites for hydroxylation is 2. The number of rotatable bonds is 2. The molecule has 2 aromatic rings. The third kappa shape index (κ3) is 2.50. The van der Waals surface area contributed by atoms with Crippen molar-refractivity contribution in [2.24, 2.45) is 0 Å². The zero-order chi connectivity index (χ0) is 13.3. The van der Waals surface area contributed by atoms with E-state index in [1.165, 1.54) is 0 Å². The van der Waals surface area contributed by atoms with E-state index in [1.807, 2.05) is 44.2 Å². The first-order valence-electron chi connectivity index (χ1n) is 5.56. The summed E-state index contributed by atoms with van der Waals surface area (Å²) in [5.74, 6) is -0.0597. The molecule has 0 atom stereocenters. The Morgan fingerprint density at radius 3 is 2.33 bits per heavy atom. The van der Waals surface area contributed by atoms with E-state index in [2.05, 4.69) is 15.9 Å². The maximum atomic E-state index is 12.4. The van der Waals surface area contributed by atoms with Crippen LogP contribution in [0.1, 0.15) is 27.0 Å². The minimum atomic E-state index is -0.0597. The molecular formula is C15H12BrClO. The first-order chi connectivity index (χ1) is 8.50. The number of carbonyl (C=O) groups is 1. The minimum Gasteiger partial charge on any atom is -0.289 e. The van der Waals surface area contributed by atoms with Gasteiger partial charge in [-0.2, -0.15) is 0 Å². The second kappa shape index (κ2) is 5.25. The molecule has 0 bridgehead atoms. The van der Waals surface area contributed by atoms with E-state index in [0.717, 1.165) is 15.6 Å². The van der Waals surface area contributed by atoms with Gasteiger partial charge in [-0.3, -0.25) is 4.79 Å². The number of hydrogen-bond acceptors (Lipinski definition) is 1. The largest absolute Gasteiger partial charge is 0.289 e. The van der Waals surface area contributed by atoms with Crippen LogP contribution in [0, 0.1) is 13.8 Å². The van der Waals surface area contributed by atoms with Gasteiger partial charge in [-0.25, -0.2) is 0 Å². The number of ketones is 1. The summed E-state index contributed by atoms with van der Waals surface area (Å²) in [5.41, 5.74) is 3.33. The summed E-state index contributed by atoms with van der Waals surface area (Å²) < 4.78 is 0.782. The van der Waals surface area contributed by atoms with Gasteiger partial charge in [0.15, 0.2) is 5.78 Å². The Balaban J connectivity index is 2.53. The summed E-state index contributed by atoms with van der Waals surface area (Å²) in [7, 11) is 0.